The first-order valence-electron chi connectivity index (χ1n) is 7.34. The molecule has 1 heterocycles. The van der Waals surface area contributed by atoms with Crippen LogP contribution in [0.4, 0.5) is 4.39 Å². The Morgan fingerprint density at radius 2 is 2.24 bits per heavy atom. The van der Waals surface area contributed by atoms with Crippen LogP contribution in [0.2, 0.25) is 0 Å². The normalized spacial score (nSPS) is 16.8. The van der Waals surface area contributed by atoms with Gasteiger partial charge in [0.25, 0.3) is 0 Å². The Morgan fingerprint density at radius 3 is 3.05 bits per heavy atom. The maximum Gasteiger partial charge on any atom is 0.141 e. The first-order chi connectivity index (χ1) is 10.3. The molecular weight excluding hydrogens is 267 g/mol. The van der Waals surface area contributed by atoms with Crippen molar-refractivity contribution in [2.75, 3.05) is 6.54 Å². The van der Waals surface area contributed by atoms with Crippen molar-refractivity contribution in [2.24, 2.45) is 0 Å². The standard InChI is InChI=1S/C17H19FN2O/c1-2-20-17-6-3-13-8-15(4-5-16(13)17)21-11-12-7-14(18)10-19-9-12/h4-5,7-10,17,20H,2-3,6,11H2,1H3. The van der Waals surface area contributed by atoms with Crippen molar-refractivity contribution < 1.29 is 9.13 Å². The van der Waals surface area contributed by atoms with Crippen molar-refractivity contribution >= 4 is 0 Å². The first kappa shape index (κ1) is 14.0. The van der Waals surface area contributed by atoms with E-state index < -0.39 is 0 Å². The van der Waals surface area contributed by atoms with E-state index in [9.17, 15) is 4.39 Å². The summed E-state index contributed by atoms with van der Waals surface area (Å²) in [5.41, 5.74) is 3.45. The molecule has 0 saturated heterocycles. The number of benzene rings is 1. The van der Waals surface area contributed by atoms with E-state index in [1.54, 1.807) is 6.20 Å². The Balaban J connectivity index is 1.68. The number of nitrogens with zero attached hydrogens (tertiary/aromatic N) is 1. The highest BCUT2D eigenvalue weighted by molar-refractivity contribution is 5.40. The summed E-state index contributed by atoms with van der Waals surface area (Å²) in [5.74, 6) is 0.494. The van der Waals surface area contributed by atoms with Gasteiger partial charge >= 0.3 is 0 Å². The fourth-order valence-electron chi connectivity index (χ4n) is 2.84. The van der Waals surface area contributed by atoms with Gasteiger partial charge in [-0.1, -0.05) is 13.0 Å². The first-order valence-corrected chi connectivity index (χ1v) is 7.34. The Labute approximate surface area is 124 Å². The molecule has 0 aliphatic heterocycles. The van der Waals surface area contributed by atoms with Crippen molar-refractivity contribution in [3.05, 3.63) is 59.2 Å². The largest absolute Gasteiger partial charge is 0.489 e. The number of pyridine rings is 1. The molecule has 0 fully saturated rings. The molecule has 1 aromatic carbocycles. The lowest BCUT2D eigenvalue weighted by molar-refractivity contribution is 0.304. The number of halogens is 1. The van der Waals surface area contributed by atoms with Crippen LogP contribution in [0, 0.1) is 5.82 Å². The molecule has 21 heavy (non-hydrogen) atoms. The van der Waals surface area contributed by atoms with Gasteiger partial charge in [0.2, 0.25) is 0 Å². The van der Waals surface area contributed by atoms with Crippen LogP contribution >= 0.6 is 0 Å². The van der Waals surface area contributed by atoms with Gasteiger partial charge < -0.3 is 10.1 Å². The monoisotopic (exact) mass is 286 g/mol. The molecule has 0 bridgehead atoms. The lowest BCUT2D eigenvalue weighted by atomic mass is 10.1. The summed E-state index contributed by atoms with van der Waals surface area (Å²) in [5, 5.41) is 3.49. The molecule has 2 aromatic rings. The van der Waals surface area contributed by atoms with Gasteiger partial charge in [-0.05, 0) is 48.7 Å². The van der Waals surface area contributed by atoms with E-state index in [1.165, 1.54) is 23.4 Å². The number of hydrogen-bond donors (Lipinski definition) is 1. The number of hydrogen-bond acceptors (Lipinski definition) is 3. The predicted octanol–water partition coefficient (Wildman–Crippen LogP) is 3.40. The lowest BCUT2D eigenvalue weighted by Gasteiger charge is -2.13. The van der Waals surface area contributed by atoms with Crippen LogP contribution in [0.1, 0.15) is 36.1 Å². The van der Waals surface area contributed by atoms with Crippen molar-refractivity contribution in [3.63, 3.8) is 0 Å². The van der Waals surface area contributed by atoms with Crippen molar-refractivity contribution in [1.29, 1.82) is 0 Å². The van der Waals surface area contributed by atoms with Gasteiger partial charge in [0.05, 0.1) is 6.20 Å². The minimum Gasteiger partial charge on any atom is -0.489 e. The van der Waals surface area contributed by atoms with Gasteiger partial charge in [0.1, 0.15) is 18.2 Å². The van der Waals surface area contributed by atoms with Gasteiger partial charge in [-0.2, -0.15) is 0 Å². The zero-order valence-electron chi connectivity index (χ0n) is 12.1. The second-order valence-corrected chi connectivity index (χ2v) is 5.31. The van der Waals surface area contributed by atoms with E-state index in [2.05, 4.69) is 29.4 Å². The summed E-state index contributed by atoms with van der Waals surface area (Å²) in [7, 11) is 0. The Kier molecular flexibility index (Phi) is 4.15. The van der Waals surface area contributed by atoms with Crippen molar-refractivity contribution in [2.45, 2.75) is 32.4 Å². The molecule has 110 valence electrons. The average Bonchev–Trinajstić information content (AvgIpc) is 2.88. The molecule has 0 saturated carbocycles. The predicted molar refractivity (Wildman–Crippen MR) is 79.7 cm³/mol. The maximum atomic E-state index is 13.1. The van der Waals surface area contributed by atoms with E-state index in [1.807, 2.05) is 6.07 Å². The lowest BCUT2D eigenvalue weighted by Crippen LogP contribution is -2.18. The van der Waals surface area contributed by atoms with Gasteiger partial charge in [-0.15, -0.1) is 0 Å². The van der Waals surface area contributed by atoms with Crippen LogP contribution in [0.15, 0.2) is 36.7 Å². The third kappa shape index (κ3) is 3.22. The molecule has 1 unspecified atom stereocenters. The highest BCUT2D eigenvalue weighted by atomic mass is 19.1. The van der Waals surface area contributed by atoms with Crippen molar-refractivity contribution in [3.8, 4) is 5.75 Å². The van der Waals surface area contributed by atoms with Crippen LogP contribution in [-0.2, 0) is 13.0 Å². The summed E-state index contributed by atoms with van der Waals surface area (Å²) >= 11 is 0. The molecule has 1 aromatic heterocycles. The topological polar surface area (TPSA) is 34.1 Å². The third-order valence-electron chi connectivity index (χ3n) is 3.81. The van der Waals surface area contributed by atoms with Gasteiger partial charge in [0.15, 0.2) is 0 Å². The molecule has 0 amide bonds. The van der Waals surface area contributed by atoms with E-state index in [-0.39, 0.29) is 5.82 Å². The number of nitrogens with one attached hydrogen (secondary N) is 1. The minimum atomic E-state index is -0.335. The van der Waals surface area contributed by atoms with Crippen LogP contribution in [0.25, 0.3) is 0 Å². The maximum absolute atomic E-state index is 13.1. The summed E-state index contributed by atoms with van der Waals surface area (Å²) in [6.07, 6.45) is 5.03. The number of ether oxygens (including phenoxy) is 1. The molecule has 1 aliphatic rings. The Morgan fingerprint density at radius 1 is 1.33 bits per heavy atom. The summed E-state index contributed by atoms with van der Waals surface area (Å²) in [6.45, 7) is 3.44. The molecule has 3 rings (SSSR count). The van der Waals surface area contributed by atoms with E-state index >= 15 is 0 Å². The van der Waals surface area contributed by atoms with Crippen molar-refractivity contribution in [1.82, 2.24) is 10.3 Å². The zero-order chi connectivity index (χ0) is 14.7. The van der Waals surface area contributed by atoms with E-state index in [0.717, 1.165) is 30.7 Å². The third-order valence-corrected chi connectivity index (χ3v) is 3.81. The number of rotatable bonds is 5. The second-order valence-electron chi connectivity index (χ2n) is 5.31. The quantitative estimate of drug-likeness (QED) is 0.914. The summed E-state index contributed by atoms with van der Waals surface area (Å²) < 4.78 is 18.8. The summed E-state index contributed by atoms with van der Waals surface area (Å²) in [6, 6.07) is 8.13. The highest BCUT2D eigenvalue weighted by Gasteiger charge is 2.21. The molecular formula is C17H19FN2O. The molecule has 1 atom stereocenters. The van der Waals surface area contributed by atoms with Crippen LogP contribution < -0.4 is 10.1 Å². The number of aromatic nitrogens is 1. The summed E-state index contributed by atoms with van der Waals surface area (Å²) in [4.78, 5) is 3.82. The fraction of sp³-hybridized carbons (Fsp3) is 0.353. The smallest absolute Gasteiger partial charge is 0.141 e. The zero-order valence-corrected chi connectivity index (χ0v) is 12.1. The average molecular weight is 286 g/mol. The highest BCUT2D eigenvalue weighted by Crippen LogP contribution is 2.33. The van der Waals surface area contributed by atoms with Crippen LogP contribution in [0.5, 0.6) is 5.75 Å². The number of aryl methyl sites for hydroxylation is 1. The molecule has 1 N–H and O–H groups in total. The molecule has 0 spiro atoms. The van der Waals surface area contributed by atoms with Crippen LogP contribution in [0.3, 0.4) is 0 Å². The molecule has 3 nitrogen and oxygen atoms in total. The molecule has 4 heteroatoms. The molecule has 1 aliphatic carbocycles. The Bertz CT molecular complexity index is 630. The minimum absolute atomic E-state index is 0.334. The number of fused-ring (bicyclic) bond motifs is 1. The van der Waals surface area contributed by atoms with E-state index in [4.69, 9.17) is 4.74 Å². The van der Waals surface area contributed by atoms with Crippen LogP contribution in [-0.4, -0.2) is 11.5 Å². The molecule has 0 radical (unpaired) electrons. The van der Waals surface area contributed by atoms with Gasteiger partial charge in [-0.3, -0.25) is 4.98 Å². The second kappa shape index (κ2) is 6.22. The fourth-order valence-corrected chi connectivity index (χ4v) is 2.84. The SMILES string of the molecule is CCNC1CCc2cc(OCc3cncc(F)c3)ccc21. The Hall–Kier alpha value is -1.94. The van der Waals surface area contributed by atoms with Gasteiger partial charge in [0, 0.05) is 17.8 Å². The van der Waals surface area contributed by atoms with E-state index in [0.29, 0.717) is 12.6 Å². The van der Waals surface area contributed by atoms with Gasteiger partial charge in [-0.25, -0.2) is 4.39 Å².